The highest BCUT2D eigenvalue weighted by molar-refractivity contribution is 7.92. The summed E-state index contributed by atoms with van der Waals surface area (Å²) in [4.78, 5) is 16.2. The number of hydrogen-bond acceptors (Lipinski definition) is 5. The Labute approximate surface area is 147 Å². The molecule has 2 aromatic rings. The molecule has 132 valence electrons. The van der Waals surface area contributed by atoms with Gasteiger partial charge in [-0.3, -0.25) is 4.79 Å². The second-order valence-corrected chi connectivity index (χ2v) is 8.47. The lowest BCUT2D eigenvalue weighted by Gasteiger charge is -2.11. The zero-order valence-electron chi connectivity index (χ0n) is 13.8. The van der Waals surface area contributed by atoms with Gasteiger partial charge in [-0.25, -0.2) is 13.4 Å². The first-order chi connectivity index (χ1) is 12.0. The van der Waals surface area contributed by atoms with Crippen molar-refractivity contribution in [1.82, 2.24) is 4.98 Å². The molecule has 1 heterocycles. The molecule has 1 aliphatic rings. The smallest absolute Gasteiger partial charge is 0.240 e. The van der Waals surface area contributed by atoms with Gasteiger partial charge in [0, 0.05) is 5.69 Å². The summed E-state index contributed by atoms with van der Waals surface area (Å²) in [5, 5.41) is 5.37. The second-order valence-electron chi connectivity index (χ2n) is 6.18. The number of nitrogens with zero attached hydrogens (tertiary/aromatic N) is 1. The first-order valence-corrected chi connectivity index (χ1v) is 10.0. The predicted molar refractivity (Wildman–Crippen MR) is 98.6 cm³/mol. The molecule has 0 bridgehead atoms. The maximum absolute atomic E-state index is 12.2. The van der Waals surface area contributed by atoms with Crippen molar-refractivity contribution in [2.45, 2.75) is 30.9 Å². The topological polar surface area (TPSA) is 88.2 Å². The summed E-state index contributed by atoms with van der Waals surface area (Å²) >= 11 is 0. The van der Waals surface area contributed by atoms with Crippen LogP contribution in [0.3, 0.4) is 0 Å². The summed E-state index contributed by atoms with van der Waals surface area (Å²) in [6, 6.07) is 13.1. The van der Waals surface area contributed by atoms with Crippen LogP contribution in [0.2, 0.25) is 0 Å². The van der Waals surface area contributed by atoms with Gasteiger partial charge in [0.2, 0.25) is 5.91 Å². The van der Waals surface area contributed by atoms with Gasteiger partial charge < -0.3 is 10.6 Å². The number of rotatable bonds is 6. The number of hydrogen-bond donors (Lipinski definition) is 2. The molecule has 3 rings (SSSR count). The highest BCUT2D eigenvalue weighted by Crippen LogP contribution is 2.25. The molecule has 7 heteroatoms. The Morgan fingerprint density at radius 3 is 2.40 bits per heavy atom. The van der Waals surface area contributed by atoms with Gasteiger partial charge in [-0.1, -0.05) is 31.0 Å². The van der Waals surface area contributed by atoms with Crippen LogP contribution in [0.5, 0.6) is 0 Å². The fourth-order valence-electron chi connectivity index (χ4n) is 2.96. The van der Waals surface area contributed by atoms with Crippen molar-refractivity contribution in [1.29, 1.82) is 0 Å². The number of carbonyl (C=O) groups excluding carboxylic acids is 1. The summed E-state index contributed by atoms with van der Waals surface area (Å²) < 4.78 is 24.4. The molecule has 0 unspecified atom stereocenters. The number of aromatic nitrogens is 1. The Bertz CT molecular complexity index is 814. The Morgan fingerprint density at radius 1 is 1.04 bits per heavy atom. The molecule has 0 saturated heterocycles. The molecular formula is C18H21N3O3S. The van der Waals surface area contributed by atoms with Crippen LogP contribution in [-0.2, 0) is 14.6 Å². The van der Waals surface area contributed by atoms with E-state index in [1.54, 1.807) is 18.3 Å². The van der Waals surface area contributed by atoms with E-state index in [1.165, 1.54) is 0 Å². The fraction of sp³-hybridized carbons (Fsp3) is 0.333. The van der Waals surface area contributed by atoms with E-state index in [9.17, 15) is 13.2 Å². The molecule has 2 N–H and O–H groups in total. The van der Waals surface area contributed by atoms with Crippen LogP contribution in [0, 0.1) is 0 Å². The first kappa shape index (κ1) is 17.4. The number of nitrogens with one attached hydrogen (secondary N) is 2. The lowest BCUT2D eigenvalue weighted by molar-refractivity contribution is -0.113. The Balaban J connectivity index is 1.56. The summed E-state index contributed by atoms with van der Waals surface area (Å²) in [5.41, 5.74) is 1.71. The summed E-state index contributed by atoms with van der Waals surface area (Å²) in [6.07, 6.45) is 4.75. The minimum atomic E-state index is -3.38. The van der Waals surface area contributed by atoms with Crippen molar-refractivity contribution in [3.63, 3.8) is 0 Å². The van der Waals surface area contributed by atoms with Gasteiger partial charge in [0.05, 0.1) is 17.1 Å². The third-order valence-electron chi connectivity index (χ3n) is 4.24. The Morgan fingerprint density at radius 2 is 1.76 bits per heavy atom. The van der Waals surface area contributed by atoms with Crippen LogP contribution >= 0.6 is 0 Å². The number of para-hydroxylation sites is 1. The van der Waals surface area contributed by atoms with Crippen molar-refractivity contribution >= 4 is 32.9 Å². The third kappa shape index (κ3) is 4.79. The number of sulfone groups is 1. The molecule has 1 aromatic heterocycles. The first-order valence-electron chi connectivity index (χ1n) is 8.32. The number of carbonyl (C=O) groups is 1. The van der Waals surface area contributed by atoms with E-state index in [1.807, 2.05) is 30.3 Å². The van der Waals surface area contributed by atoms with Crippen LogP contribution in [0.15, 0.2) is 48.7 Å². The Hall–Kier alpha value is -2.41. The van der Waals surface area contributed by atoms with Gasteiger partial charge in [0.15, 0.2) is 9.84 Å². The van der Waals surface area contributed by atoms with Crippen molar-refractivity contribution in [3.8, 4) is 0 Å². The van der Waals surface area contributed by atoms with Crippen LogP contribution in [0.25, 0.3) is 0 Å². The van der Waals surface area contributed by atoms with Gasteiger partial charge in [-0.15, -0.1) is 0 Å². The minimum Gasteiger partial charge on any atom is -0.354 e. The SMILES string of the molecule is O=C(CS(=O)(=O)C1CCCC1)Nc1ccc(Nc2ccccc2)cn1. The molecule has 1 saturated carbocycles. The maximum atomic E-state index is 12.2. The van der Waals surface area contributed by atoms with Gasteiger partial charge in [0.25, 0.3) is 0 Å². The van der Waals surface area contributed by atoms with E-state index in [0.717, 1.165) is 24.2 Å². The molecule has 1 aromatic carbocycles. The zero-order valence-corrected chi connectivity index (χ0v) is 14.6. The number of pyridine rings is 1. The fourth-order valence-corrected chi connectivity index (χ4v) is 4.68. The lowest BCUT2D eigenvalue weighted by Crippen LogP contribution is -2.29. The van der Waals surface area contributed by atoms with E-state index in [2.05, 4.69) is 15.6 Å². The van der Waals surface area contributed by atoms with Crippen molar-refractivity contribution in [2.24, 2.45) is 0 Å². The van der Waals surface area contributed by atoms with Crippen LogP contribution in [-0.4, -0.2) is 30.3 Å². The van der Waals surface area contributed by atoms with E-state index in [-0.39, 0.29) is 5.25 Å². The van der Waals surface area contributed by atoms with E-state index >= 15 is 0 Å². The number of amides is 1. The molecule has 0 radical (unpaired) electrons. The van der Waals surface area contributed by atoms with Gasteiger partial charge in [-0.05, 0) is 37.1 Å². The Kier molecular flexibility index (Phi) is 5.33. The largest absolute Gasteiger partial charge is 0.354 e. The molecule has 1 fully saturated rings. The average Bonchev–Trinajstić information content (AvgIpc) is 3.13. The molecule has 1 aliphatic carbocycles. The van der Waals surface area contributed by atoms with Crippen LogP contribution in [0.1, 0.15) is 25.7 Å². The summed E-state index contributed by atoms with van der Waals surface area (Å²) in [7, 11) is -3.38. The standard InChI is InChI=1S/C18H21N3O3S/c22-18(13-25(23,24)16-8-4-5-9-16)21-17-11-10-15(12-19-17)20-14-6-2-1-3-7-14/h1-3,6-7,10-12,16,20H,4-5,8-9,13H2,(H,19,21,22). The maximum Gasteiger partial charge on any atom is 0.240 e. The van der Waals surface area contributed by atoms with Crippen molar-refractivity contribution in [2.75, 3.05) is 16.4 Å². The van der Waals surface area contributed by atoms with E-state index < -0.39 is 21.5 Å². The van der Waals surface area contributed by atoms with Gasteiger partial charge in [-0.2, -0.15) is 0 Å². The normalized spacial score (nSPS) is 15.0. The molecular weight excluding hydrogens is 338 g/mol. The van der Waals surface area contributed by atoms with Gasteiger partial charge in [0.1, 0.15) is 11.6 Å². The average molecular weight is 359 g/mol. The van der Waals surface area contributed by atoms with E-state index in [4.69, 9.17) is 0 Å². The quantitative estimate of drug-likeness (QED) is 0.827. The minimum absolute atomic E-state index is 0.338. The van der Waals surface area contributed by atoms with Crippen molar-refractivity contribution < 1.29 is 13.2 Å². The zero-order chi connectivity index (χ0) is 17.7. The van der Waals surface area contributed by atoms with Crippen LogP contribution < -0.4 is 10.6 Å². The molecule has 6 nitrogen and oxygen atoms in total. The second kappa shape index (κ2) is 7.65. The number of anilines is 3. The third-order valence-corrected chi connectivity index (χ3v) is 6.39. The van der Waals surface area contributed by atoms with Crippen LogP contribution in [0.4, 0.5) is 17.2 Å². The predicted octanol–water partition coefficient (Wildman–Crippen LogP) is 3.12. The molecule has 25 heavy (non-hydrogen) atoms. The van der Waals surface area contributed by atoms with Crippen molar-refractivity contribution in [3.05, 3.63) is 48.7 Å². The molecule has 0 aliphatic heterocycles. The van der Waals surface area contributed by atoms with E-state index in [0.29, 0.717) is 18.7 Å². The molecule has 1 amide bonds. The number of benzene rings is 1. The molecule has 0 spiro atoms. The monoisotopic (exact) mass is 359 g/mol. The summed E-state index contributed by atoms with van der Waals surface area (Å²) in [6.45, 7) is 0. The van der Waals surface area contributed by atoms with Gasteiger partial charge >= 0.3 is 0 Å². The highest BCUT2D eigenvalue weighted by Gasteiger charge is 2.30. The summed E-state index contributed by atoms with van der Waals surface area (Å²) in [5.74, 6) is -0.683. The molecule has 0 atom stereocenters. The lowest BCUT2D eigenvalue weighted by atomic mass is 10.3. The highest BCUT2D eigenvalue weighted by atomic mass is 32.2.